The maximum Gasteiger partial charge on any atom is 0.126 e. The number of aliphatic hydroxyl groups is 1. The number of halogens is 1. The van der Waals surface area contributed by atoms with E-state index >= 15 is 0 Å². The molecule has 1 aromatic carbocycles. The van der Waals surface area contributed by atoms with Crippen LogP contribution >= 0.6 is 15.9 Å². The highest BCUT2D eigenvalue weighted by molar-refractivity contribution is 9.10. The van der Waals surface area contributed by atoms with Crippen LogP contribution in [-0.2, 0) is 5.60 Å². The van der Waals surface area contributed by atoms with E-state index in [1.165, 1.54) is 0 Å². The van der Waals surface area contributed by atoms with Crippen molar-refractivity contribution in [2.45, 2.75) is 12.0 Å². The Kier molecular flexibility index (Phi) is 2.51. The fourth-order valence-electron chi connectivity index (χ4n) is 1.68. The zero-order valence-corrected chi connectivity index (χ0v) is 9.25. The maximum absolute atomic E-state index is 10.2. The molecule has 1 aliphatic rings. The molecule has 0 bridgehead atoms. The quantitative estimate of drug-likeness (QED) is 0.800. The van der Waals surface area contributed by atoms with Crippen LogP contribution < -0.4 is 10.5 Å². The molecule has 1 aromatic rings. The highest BCUT2D eigenvalue weighted by Gasteiger charge is 2.34. The number of fused-ring (bicyclic) bond motifs is 1. The van der Waals surface area contributed by atoms with E-state index in [1.807, 2.05) is 18.2 Å². The van der Waals surface area contributed by atoms with Crippen molar-refractivity contribution >= 4 is 15.9 Å². The van der Waals surface area contributed by atoms with Crippen LogP contribution in [-0.4, -0.2) is 18.3 Å². The van der Waals surface area contributed by atoms with Gasteiger partial charge in [0.15, 0.2) is 0 Å². The van der Waals surface area contributed by atoms with Crippen LogP contribution in [0.1, 0.15) is 12.0 Å². The van der Waals surface area contributed by atoms with Gasteiger partial charge in [0, 0.05) is 23.0 Å². The number of hydrogen-bond acceptors (Lipinski definition) is 3. The van der Waals surface area contributed by atoms with Crippen molar-refractivity contribution in [3.63, 3.8) is 0 Å². The molecule has 0 aromatic heterocycles. The van der Waals surface area contributed by atoms with Gasteiger partial charge in [-0.2, -0.15) is 0 Å². The summed E-state index contributed by atoms with van der Waals surface area (Å²) in [5.74, 6) is 0.721. The minimum Gasteiger partial charge on any atom is -0.493 e. The first-order valence-corrected chi connectivity index (χ1v) is 5.30. The van der Waals surface area contributed by atoms with Gasteiger partial charge in [-0.15, -0.1) is 0 Å². The van der Waals surface area contributed by atoms with Gasteiger partial charge in [-0.05, 0) is 12.1 Å². The Bertz CT molecular complexity index is 356. The second-order valence-corrected chi connectivity index (χ2v) is 4.39. The van der Waals surface area contributed by atoms with Crippen LogP contribution in [0.15, 0.2) is 22.7 Å². The van der Waals surface area contributed by atoms with E-state index in [2.05, 4.69) is 15.9 Å². The molecule has 1 aliphatic heterocycles. The summed E-state index contributed by atoms with van der Waals surface area (Å²) in [6.45, 7) is 0.738. The molecule has 0 fully saturated rings. The predicted molar refractivity (Wildman–Crippen MR) is 57.2 cm³/mol. The summed E-state index contributed by atoms with van der Waals surface area (Å²) in [6.07, 6.45) is 0.554. The van der Waals surface area contributed by atoms with Crippen LogP contribution in [0.2, 0.25) is 0 Å². The van der Waals surface area contributed by atoms with Crippen LogP contribution in [0.25, 0.3) is 0 Å². The lowest BCUT2D eigenvalue weighted by Crippen LogP contribution is -2.39. The van der Waals surface area contributed by atoms with E-state index in [4.69, 9.17) is 10.5 Å². The lowest BCUT2D eigenvalue weighted by Gasteiger charge is -2.33. The van der Waals surface area contributed by atoms with Gasteiger partial charge in [-0.3, -0.25) is 0 Å². The summed E-state index contributed by atoms with van der Waals surface area (Å²) in [4.78, 5) is 0. The number of hydrogen-bond donors (Lipinski definition) is 2. The summed E-state index contributed by atoms with van der Waals surface area (Å²) in [7, 11) is 0. The smallest absolute Gasteiger partial charge is 0.126 e. The van der Waals surface area contributed by atoms with Gasteiger partial charge in [0.25, 0.3) is 0 Å². The van der Waals surface area contributed by atoms with Gasteiger partial charge >= 0.3 is 0 Å². The number of nitrogens with two attached hydrogens (primary N) is 1. The fraction of sp³-hybridized carbons (Fsp3) is 0.400. The van der Waals surface area contributed by atoms with Gasteiger partial charge in [0.05, 0.1) is 6.61 Å². The van der Waals surface area contributed by atoms with E-state index < -0.39 is 5.60 Å². The zero-order chi connectivity index (χ0) is 10.2. The Morgan fingerprint density at radius 3 is 3.07 bits per heavy atom. The van der Waals surface area contributed by atoms with E-state index in [1.54, 1.807) is 0 Å². The molecular weight excluding hydrogens is 246 g/mol. The summed E-state index contributed by atoms with van der Waals surface area (Å²) < 4.78 is 6.40. The Morgan fingerprint density at radius 1 is 1.57 bits per heavy atom. The van der Waals surface area contributed by atoms with E-state index in [-0.39, 0.29) is 6.54 Å². The maximum atomic E-state index is 10.2. The normalized spacial score (nSPS) is 25.4. The largest absolute Gasteiger partial charge is 0.493 e. The molecule has 3 N–H and O–H groups in total. The molecule has 3 nitrogen and oxygen atoms in total. The molecule has 0 spiro atoms. The highest BCUT2D eigenvalue weighted by atomic mass is 79.9. The van der Waals surface area contributed by atoms with E-state index in [0.29, 0.717) is 13.0 Å². The number of ether oxygens (including phenoxy) is 1. The van der Waals surface area contributed by atoms with Gasteiger partial charge in [-0.25, -0.2) is 0 Å². The second kappa shape index (κ2) is 3.53. The second-order valence-electron chi connectivity index (χ2n) is 3.47. The molecule has 4 heteroatoms. The third-order valence-electron chi connectivity index (χ3n) is 2.56. The molecule has 0 radical (unpaired) electrons. The number of benzene rings is 1. The molecule has 0 aliphatic carbocycles. The molecule has 14 heavy (non-hydrogen) atoms. The van der Waals surface area contributed by atoms with Crippen molar-refractivity contribution in [3.05, 3.63) is 28.2 Å². The van der Waals surface area contributed by atoms with Crippen LogP contribution in [0, 0.1) is 0 Å². The predicted octanol–water partition coefficient (Wildman–Crippen LogP) is 1.38. The van der Waals surface area contributed by atoms with Crippen molar-refractivity contribution in [3.8, 4) is 5.75 Å². The Balaban J connectivity index is 2.50. The third-order valence-corrected chi connectivity index (χ3v) is 3.05. The first kappa shape index (κ1) is 9.96. The highest BCUT2D eigenvalue weighted by Crippen LogP contribution is 2.37. The minimum absolute atomic E-state index is 0.227. The lowest BCUT2D eigenvalue weighted by atomic mass is 9.88. The monoisotopic (exact) mass is 257 g/mol. The molecule has 0 amide bonds. The van der Waals surface area contributed by atoms with Crippen molar-refractivity contribution in [2.24, 2.45) is 5.73 Å². The molecule has 0 saturated carbocycles. The van der Waals surface area contributed by atoms with Gasteiger partial charge in [0.1, 0.15) is 11.4 Å². The van der Waals surface area contributed by atoms with Crippen molar-refractivity contribution in [2.75, 3.05) is 13.2 Å². The van der Waals surface area contributed by atoms with Crippen LogP contribution in [0.4, 0.5) is 0 Å². The van der Waals surface area contributed by atoms with Crippen LogP contribution in [0.3, 0.4) is 0 Å². The standard InChI is InChI=1S/C10H12BrNO2/c11-7-1-2-8-9(5-7)14-4-3-10(8,13)6-12/h1-2,5,13H,3-4,6,12H2. The van der Waals surface area contributed by atoms with E-state index in [0.717, 1.165) is 15.8 Å². The Labute approximate surface area is 91.0 Å². The third kappa shape index (κ3) is 1.54. The summed E-state index contributed by atoms with van der Waals surface area (Å²) >= 11 is 3.36. The first-order valence-electron chi connectivity index (χ1n) is 4.51. The molecule has 76 valence electrons. The zero-order valence-electron chi connectivity index (χ0n) is 7.66. The van der Waals surface area contributed by atoms with Crippen molar-refractivity contribution in [1.82, 2.24) is 0 Å². The van der Waals surface area contributed by atoms with Gasteiger partial charge < -0.3 is 15.6 Å². The van der Waals surface area contributed by atoms with Crippen LogP contribution in [0.5, 0.6) is 5.75 Å². The summed E-state index contributed by atoms with van der Waals surface area (Å²) in [5.41, 5.74) is 5.44. The van der Waals surface area contributed by atoms with Crippen molar-refractivity contribution in [1.29, 1.82) is 0 Å². The fourth-order valence-corrected chi connectivity index (χ4v) is 2.02. The van der Waals surface area contributed by atoms with Crippen molar-refractivity contribution < 1.29 is 9.84 Å². The molecule has 2 rings (SSSR count). The lowest BCUT2D eigenvalue weighted by molar-refractivity contribution is 0.00532. The van der Waals surface area contributed by atoms with E-state index in [9.17, 15) is 5.11 Å². The van der Waals surface area contributed by atoms with Gasteiger partial charge in [0.2, 0.25) is 0 Å². The average Bonchev–Trinajstić information content (AvgIpc) is 2.18. The minimum atomic E-state index is -0.922. The first-order chi connectivity index (χ1) is 6.65. The average molecular weight is 258 g/mol. The molecular formula is C10H12BrNO2. The number of rotatable bonds is 1. The Morgan fingerprint density at radius 2 is 2.36 bits per heavy atom. The molecule has 0 saturated heterocycles. The topological polar surface area (TPSA) is 55.5 Å². The van der Waals surface area contributed by atoms with Gasteiger partial charge in [-0.1, -0.05) is 22.0 Å². The summed E-state index contributed by atoms with van der Waals surface area (Å²) in [5, 5.41) is 10.2. The molecule has 1 heterocycles. The Hall–Kier alpha value is -0.580. The molecule has 1 atom stereocenters. The molecule has 1 unspecified atom stereocenters. The summed E-state index contributed by atoms with van der Waals surface area (Å²) in [6, 6.07) is 5.59. The SMILES string of the molecule is NCC1(O)CCOc2cc(Br)ccc21.